The Hall–Kier alpha value is -3.46. The fourth-order valence-electron chi connectivity index (χ4n) is 3.27. The van der Waals surface area contributed by atoms with Crippen LogP contribution in [-0.4, -0.2) is 33.4 Å². The summed E-state index contributed by atoms with van der Waals surface area (Å²) < 4.78 is 25.2. The summed E-state index contributed by atoms with van der Waals surface area (Å²) in [5.41, 5.74) is 1.76. The Bertz CT molecular complexity index is 1290. The van der Waals surface area contributed by atoms with Gasteiger partial charge in [-0.25, -0.2) is 9.97 Å². The van der Waals surface area contributed by atoms with Crippen molar-refractivity contribution in [2.75, 3.05) is 11.9 Å². The van der Waals surface area contributed by atoms with E-state index >= 15 is 0 Å². The predicted octanol–water partition coefficient (Wildman–Crippen LogP) is 3.90. The van der Waals surface area contributed by atoms with E-state index in [9.17, 15) is 9.18 Å². The van der Waals surface area contributed by atoms with Gasteiger partial charge >= 0.3 is 0 Å². The molecule has 2 N–H and O–H groups in total. The molecule has 10 heteroatoms. The summed E-state index contributed by atoms with van der Waals surface area (Å²) in [7, 11) is 0. The largest absolute Gasteiger partial charge is 0.449 e. The van der Waals surface area contributed by atoms with Crippen molar-refractivity contribution in [2.45, 2.75) is 13.0 Å². The molecule has 1 aliphatic rings. The standard InChI is InChI=1S/C19H13ClFN5O3/c1-8-6-22-15-13-9-2-5-12(29-19-14(21)17(20)23-7-24-19)26-10(9)3-4-11(13)28-16(15)18(27)25-8/h2-5,7-8,22H,6H2,1H3,(H,25,27). The number of hydrogen-bond donors (Lipinski definition) is 2. The summed E-state index contributed by atoms with van der Waals surface area (Å²) in [6.07, 6.45) is 1.10. The number of nitrogens with one attached hydrogen (secondary N) is 2. The van der Waals surface area contributed by atoms with Gasteiger partial charge in [-0.15, -0.1) is 0 Å². The van der Waals surface area contributed by atoms with Crippen molar-refractivity contribution >= 4 is 45.1 Å². The first-order valence-electron chi connectivity index (χ1n) is 8.76. The molecule has 5 rings (SSSR count). The molecule has 4 heterocycles. The zero-order valence-electron chi connectivity index (χ0n) is 15.0. The maximum Gasteiger partial charge on any atom is 0.289 e. The molecule has 0 fully saturated rings. The van der Waals surface area contributed by atoms with Gasteiger partial charge in [-0.2, -0.15) is 9.37 Å². The number of halogens is 2. The van der Waals surface area contributed by atoms with Crippen LogP contribution in [0.15, 0.2) is 35.0 Å². The Balaban J connectivity index is 1.62. The molecule has 146 valence electrons. The molecule has 0 saturated carbocycles. The second kappa shape index (κ2) is 6.56. The third kappa shape index (κ3) is 2.90. The van der Waals surface area contributed by atoms with E-state index in [0.29, 0.717) is 23.3 Å². The Kier molecular flexibility index (Phi) is 3.99. The van der Waals surface area contributed by atoms with E-state index in [0.717, 1.165) is 17.1 Å². The van der Waals surface area contributed by atoms with E-state index in [2.05, 4.69) is 25.6 Å². The molecule has 0 spiro atoms. The minimum absolute atomic E-state index is 0.0390. The van der Waals surface area contributed by atoms with Gasteiger partial charge in [0, 0.05) is 24.0 Å². The number of fused-ring (bicyclic) bond motifs is 5. The molecule has 0 bridgehead atoms. The van der Waals surface area contributed by atoms with E-state index in [1.54, 1.807) is 24.3 Å². The number of nitrogens with zero attached hydrogens (tertiary/aromatic N) is 3. The number of carbonyl (C=O) groups excluding carboxylic acids is 1. The molecule has 0 aliphatic carbocycles. The van der Waals surface area contributed by atoms with Gasteiger partial charge < -0.3 is 19.8 Å². The van der Waals surface area contributed by atoms with Gasteiger partial charge in [-0.3, -0.25) is 4.79 Å². The van der Waals surface area contributed by atoms with Gasteiger partial charge in [0.15, 0.2) is 5.15 Å². The van der Waals surface area contributed by atoms with Crippen molar-refractivity contribution in [3.63, 3.8) is 0 Å². The van der Waals surface area contributed by atoms with Crippen molar-refractivity contribution in [3.8, 4) is 11.8 Å². The maximum absolute atomic E-state index is 14.0. The molecule has 3 aromatic heterocycles. The van der Waals surface area contributed by atoms with Crippen LogP contribution in [0, 0.1) is 5.82 Å². The molecule has 1 unspecified atom stereocenters. The zero-order chi connectivity index (χ0) is 20.1. The summed E-state index contributed by atoms with van der Waals surface area (Å²) in [5.74, 6) is -1.08. The first-order chi connectivity index (χ1) is 14.0. The molecule has 8 nitrogen and oxygen atoms in total. The van der Waals surface area contributed by atoms with Crippen LogP contribution < -0.4 is 15.4 Å². The molecule has 0 saturated heterocycles. The molecule has 1 atom stereocenters. The van der Waals surface area contributed by atoms with Crippen LogP contribution in [0.25, 0.3) is 21.9 Å². The third-order valence-electron chi connectivity index (χ3n) is 4.58. The Morgan fingerprint density at radius 2 is 2.14 bits per heavy atom. The van der Waals surface area contributed by atoms with Crippen molar-refractivity contribution in [2.24, 2.45) is 0 Å². The van der Waals surface area contributed by atoms with Crippen molar-refractivity contribution in [3.05, 3.63) is 47.3 Å². The smallest absolute Gasteiger partial charge is 0.289 e. The molecular weight excluding hydrogens is 401 g/mol. The summed E-state index contributed by atoms with van der Waals surface area (Å²) >= 11 is 5.65. The highest BCUT2D eigenvalue weighted by Crippen LogP contribution is 2.38. The van der Waals surface area contributed by atoms with Crippen molar-refractivity contribution in [1.29, 1.82) is 0 Å². The number of anilines is 1. The van der Waals surface area contributed by atoms with Crippen LogP contribution >= 0.6 is 11.6 Å². The fraction of sp³-hybridized carbons (Fsp3) is 0.158. The summed E-state index contributed by atoms with van der Waals surface area (Å²) in [6, 6.07) is 6.77. The second-order valence-corrected chi connectivity index (χ2v) is 6.96. The monoisotopic (exact) mass is 413 g/mol. The summed E-state index contributed by atoms with van der Waals surface area (Å²) in [4.78, 5) is 24.1. The highest BCUT2D eigenvalue weighted by Gasteiger charge is 2.26. The molecular formula is C19H13ClFN5O3. The van der Waals surface area contributed by atoms with E-state index in [1.807, 2.05) is 6.92 Å². The number of rotatable bonds is 2. The highest BCUT2D eigenvalue weighted by molar-refractivity contribution is 6.29. The van der Waals surface area contributed by atoms with Gasteiger partial charge in [0.05, 0.1) is 16.6 Å². The Morgan fingerprint density at radius 1 is 1.28 bits per heavy atom. The van der Waals surface area contributed by atoms with Crippen LogP contribution in [0.2, 0.25) is 5.15 Å². The maximum atomic E-state index is 14.0. The van der Waals surface area contributed by atoms with E-state index in [4.69, 9.17) is 20.8 Å². The van der Waals surface area contributed by atoms with Crippen LogP contribution in [0.3, 0.4) is 0 Å². The SMILES string of the molecule is CC1CNc2c(oc3ccc4nc(Oc5ncnc(Cl)c5F)ccc4c23)C(=O)N1. The minimum Gasteiger partial charge on any atom is -0.449 e. The lowest BCUT2D eigenvalue weighted by Gasteiger charge is -2.10. The molecule has 1 aliphatic heterocycles. The number of benzene rings is 1. The number of carbonyl (C=O) groups is 1. The lowest BCUT2D eigenvalue weighted by Crippen LogP contribution is -2.34. The van der Waals surface area contributed by atoms with Gasteiger partial charge in [-0.1, -0.05) is 11.6 Å². The zero-order valence-corrected chi connectivity index (χ0v) is 15.7. The fourth-order valence-corrected chi connectivity index (χ4v) is 3.39. The number of furan rings is 1. The van der Waals surface area contributed by atoms with Gasteiger partial charge in [-0.05, 0) is 25.1 Å². The van der Waals surface area contributed by atoms with Gasteiger partial charge in [0.2, 0.25) is 17.5 Å². The van der Waals surface area contributed by atoms with Crippen molar-refractivity contribution in [1.82, 2.24) is 20.3 Å². The number of amides is 1. The highest BCUT2D eigenvalue weighted by atomic mass is 35.5. The first-order valence-corrected chi connectivity index (χ1v) is 9.14. The van der Waals surface area contributed by atoms with Crippen LogP contribution in [0.1, 0.15) is 17.5 Å². The Morgan fingerprint density at radius 3 is 3.00 bits per heavy atom. The summed E-state index contributed by atoms with van der Waals surface area (Å²) in [6.45, 7) is 2.47. The van der Waals surface area contributed by atoms with E-state index < -0.39 is 5.82 Å². The van der Waals surface area contributed by atoms with Crippen LogP contribution in [-0.2, 0) is 0 Å². The van der Waals surface area contributed by atoms with Gasteiger partial charge in [0.1, 0.15) is 11.9 Å². The second-order valence-electron chi connectivity index (χ2n) is 6.60. The minimum atomic E-state index is -0.865. The van der Waals surface area contributed by atoms with E-state index in [-0.39, 0.29) is 34.6 Å². The predicted molar refractivity (Wildman–Crippen MR) is 104 cm³/mol. The number of aromatic nitrogens is 3. The first kappa shape index (κ1) is 17.6. The lowest BCUT2D eigenvalue weighted by molar-refractivity contribution is 0.0920. The van der Waals surface area contributed by atoms with Crippen LogP contribution in [0.5, 0.6) is 11.8 Å². The molecule has 1 amide bonds. The van der Waals surface area contributed by atoms with Crippen molar-refractivity contribution < 1.29 is 18.3 Å². The number of hydrogen-bond acceptors (Lipinski definition) is 7. The summed E-state index contributed by atoms with van der Waals surface area (Å²) in [5, 5.41) is 7.31. The lowest BCUT2D eigenvalue weighted by atomic mass is 10.1. The van der Waals surface area contributed by atoms with E-state index in [1.165, 1.54) is 0 Å². The van der Waals surface area contributed by atoms with Crippen LogP contribution in [0.4, 0.5) is 10.1 Å². The average Bonchev–Trinajstić information content (AvgIpc) is 3.02. The molecule has 29 heavy (non-hydrogen) atoms. The Labute approximate surface area is 168 Å². The van der Waals surface area contributed by atoms with Gasteiger partial charge in [0.25, 0.3) is 11.8 Å². The molecule has 1 aromatic carbocycles. The topological polar surface area (TPSA) is 102 Å². The average molecular weight is 414 g/mol. The third-order valence-corrected chi connectivity index (χ3v) is 4.85. The number of ether oxygens (including phenoxy) is 1. The molecule has 4 aromatic rings. The normalized spacial score (nSPS) is 16.2. The molecule has 0 radical (unpaired) electrons. The number of pyridine rings is 1. The quantitative estimate of drug-likeness (QED) is 0.480.